The highest BCUT2D eigenvalue weighted by molar-refractivity contribution is 4.77. The van der Waals surface area contributed by atoms with E-state index in [2.05, 4.69) is 26.0 Å². The minimum absolute atomic E-state index is 0. The van der Waals surface area contributed by atoms with Crippen molar-refractivity contribution >= 4 is 0 Å². The van der Waals surface area contributed by atoms with Crippen molar-refractivity contribution in [2.45, 2.75) is 63.8 Å². The van der Waals surface area contributed by atoms with E-state index >= 15 is 0 Å². The van der Waals surface area contributed by atoms with Gasteiger partial charge >= 0.3 is 0 Å². The van der Waals surface area contributed by atoms with Crippen molar-refractivity contribution in [1.82, 2.24) is 0 Å². The predicted molar refractivity (Wildman–Crippen MR) is 63.4 cm³/mol. The molecule has 0 amide bonds. The molecular weight excluding hydrogens is 132 g/mol. The molecule has 0 N–H and O–H groups in total. The average molecular weight is 164 g/mol. The van der Waals surface area contributed by atoms with Crippen LogP contribution >= 0.6 is 0 Å². The lowest BCUT2D eigenvalue weighted by Crippen LogP contribution is -1.51. The van der Waals surface area contributed by atoms with Crippen LogP contribution in [-0.4, -0.2) is 0 Å². The Morgan fingerprint density at radius 2 is 0.818 bits per heavy atom. The molecule has 0 spiro atoms. The third-order valence-corrected chi connectivity index (χ3v) is 0.638. The summed E-state index contributed by atoms with van der Waals surface area (Å²) in [4.78, 5) is 0. The van der Waals surface area contributed by atoms with E-state index in [4.69, 9.17) is 0 Å². The van der Waals surface area contributed by atoms with E-state index in [1.54, 1.807) is 0 Å². The van der Waals surface area contributed by atoms with Gasteiger partial charge in [-0.25, -0.2) is 0 Å². The van der Waals surface area contributed by atoms with Crippen molar-refractivity contribution in [1.29, 1.82) is 0 Å². The van der Waals surface area contributed by atoms with Gasteiger partial charge in [-0.1, -0.05) is 63.1 Å². The van der Waals surface area contributed by atoms with Crippen LogP contribution in [0.25, 0.3) is 0 Å². The van der Waals surface area contributed by atoms with Crippen LogP contribution in [0, 0.1) is 0 Å². The summed E-state index contributed by atoms with van der Waals surface area (Å²) >= 11 is 0. The van der Waals surface area contributed by atoms with Gasteiger partial charge in [0.1, 0.15) is 0 Å². The smallest absolute Gasteiger partial charge is 0.0379 e. The van der Waals surface area contributed by atoms with Gasteiger partial charge in [0.2, 0.25) is 0 Å². The largest absolute Gasteiger partial charge is 0.0888 e. The second-order valence-corrected chi connectivity index (χ2v) is 1.29. The van der Waals surface area contributed by atoms with Gasteiger partial charge in [0.15, 0.2) is 0 Å². The van der Waals surface area contributed by atoms with Gasteiger partial charge in [-0.3, -0.25) is 0 Å². The summed E-state index contributed by atoms with van der Waals surface area (Å²) in [6.07, 6.45) is 6.71. The molecule has 0 aromatic carbocycles. The van der Waals surface area contributed by atoms with Crippen LogP contribution in [0.4, 0.5) is 0 Å². The van der Waals surface area contributed by atoms with Crippen molar-refractivity contribution in [2.24, 2.45) is 0 Å². The quantitative estimate of drug-likeness (QED) is 0.470. The third-order valence-electron chi connectivity index (χ3n) is 0.638. The van der Waals surface area contributed by atoms with Crippen molar-refractivity contribution in [3.8, 4) is 0 Å². The highest BCUT2D eigenvalue weighted by Gasteiger charge is 1.60. The molecule has 76 valence electrons. The zero-order chi connectivity index (χ0) is 4.83. The Kier molecular flexibility index (Phi) is 219. The molecule has 0 heterocycles. The Labute approximate surface area is 76.7 Å². The van der Waals surface area contributed by atoms with Crippen molar-refractivity contribution < 1.29 is 0 Å². The maximum Gasteiger partial charge on any atom is -0.0379 e. The van der Waals surface area contributed by atoms with E-state index in [9.17, 15) is 0 Å². The van der Waals surface area contributed by atoms with Gasteiger partial charge in [-0.05, 0) is 12.8 Å². The Bertz CT molecular complexity index is 29.3. The molecule has 0 atom stereocenters. The zero-order valence-electron chi connectivity index (χ0n) is 4.57. The molecule has 0 rings (SSSR count). The summed E-state index contributed by atoms with van der Waals surface area (Å²) in [7, 11) is 0. The third kappa shape index (κ3) is 77.7. The Morgan fingerprint density at radius 3 is 0.909 bits per heavy atom. The number of hydrogen-bond donors (Lipinski definition) is 0. The van der Waals surface area contributed by atoms with E-state index in [-0.39, 0.29) is 37.1 Å². The van der Waals surface area contributed by atoms with Gasteiger partial charge in [-0.2, -0.15) is 0 Å². The second-order valence-electron chi connectivity index (χ2n) is 1.29. The molecule has 0 heteroatoms. The van der Waals surface area contributed by atoms with Crippen LogP contribution < -0.4 is 0 Å². The summed E-state index contributed by atoms with van der Waals surface area (Å²) in [5.74, 6) is 0. The topological polar surface area (TPSA) is 0 Å². The summed E-state index contributed by atoms with van der Waals surface area (Å²) in [5, 5.41) is 0. The van der Waals surface area contributed by atoms with Crippen LogP contribution in [0.15, 0.2) is 12.2 Å². The highest BCUT2D eigenvalue weighted by atomic mass is 13.7. The summed E-state index contributed by atoms with van der Waals surface area (Å²) < 4.78 is 0. The fourth-order valence-corrected chi connectivity index (χ4v) is 0.333. The molecule has 0 saturated carbocycles. The maximum atomic E-state index is 2.18. The van der Waals surface area contributed by atoms with E-state index in [1.165, 1.54) is 12.8 Å². The predicted octanol–water partition coefficient (Wildman–Crippen LogP) is 5.54. The molecule has 11 heavy (non-hydrogen) atoms. The highest BCUT2D eigenvalue weighted by Crippen LogP contribution is 1.81. The normalized spacial score (nSPS) is 5.64. The minimum Gasteiger partial charge on any atom is -0.0888 e. The molecule has 0 unspecified atom stereocenters. The van der Waals surface area contributed by atoms with E-state index < -0.39 is 0 Å². The number of allylic oxidation sites excluding steroid dienone is 2. The van der Waals surface area contributed by atoms with Gasteiger partial charge in [-0.15, -0.1) is 0 Å². The Hall–Kier alpha value is -0.260. The van der Waals surface area contributed by atoms with Crippen LogP contribution in [0.2, 0.25) is 0 Å². The van der Waals surface area contributed by atoms with Gasteiger partial charge < -0.3 is 0 Å². The molecule has 0 aliphatic heterocycles. The van der Waals surface area contributed by atoms with Crippen LogP contribution in [0.5, 0.6) is 0 Å². The van der Waals surface area contributed by atoms with Crippen LogP contribution in [0.3, 0.4) is 0 Å². The molecular formula is C11H32. The molecule has 0 nitrogen and oxygen atoms in total. The van der Waals surface area contributed by atoms with Crippen molar-refractivity contribution in [3.63, 3.8) is 0 Å². The van der Waals surface area contributed by atoms with Gasteiger partial charge in [0, 0.05) is 0 Å². The first-order valence-corrected chi connectivity index (χ1v) is 2.56. The maximum absolute atomic E-state index is 2.18. The lowest BCUT2D eigenvalue weighted by Gasteiger charge is -1.72. The summed E-state index contributed by atoms with van der Waals surface area (Å²) in [6, 6.07) is 0. The number of rotatable bonds is 2. The van der Waals surface area contributed by atoms with Gasteiger partial charge in [0.25, 0.3) is 0 Å². The Balaban J connectivity index is -0.0000000125. The fourth-order valence-electron chi connectivity index (χ4n) is 0.333. The van der Waals surface area contributed by atoms with E-state index in [0.29, 0.717) is 0 Å². The average Bonchev–Trinajstić information content (AvgIpc) is 1.61. The van der Waals surface area contributed by atoms with E-state index in [0.717, 1.165) is 0 Å². The monoisotopic (exact) mass is 164 g/mol. The molecule has 0 aliphatic rings. The van der Waals surface area contributed by atoms with Crippen LogP contribution in [-0.2, 0) is 0 Å². The lowest BCUT2D eigenvalue weighted by molar-refractivity contribution is 1.16. The van der Waals surface area contributed by atoms with Crippen LogP contribution in [0.1, 0.15) is 63.8 Å². The standard InChI is InChI=1S/C6H12.5CH4/c1-3-5-6-4-2;;;;;/h5-6H,3-4H2,1-2H3;5*1H4. The van der Waals surface area contributed by atoms with Gasteiger partial charge in [0.05, 0.1) is 0 Å². The minimum atomic E-state index is 0. The summed E-state index contributed by atoms with van der Waals surface area (Å²) in [5.41, 5.74) is 0. The SMILES string of the molecule is C.C.C.C.C.CCC=CCC. The van der Waals surface area contributed by atoms with E-state index in [1.807, 2.05) is 0 Å². The van der Waals surface area contributed by atoms with Crippen molar-refractivity contribution in [2.75, 3.05) is 0 Å². The molecule has 0 aromatic heterocycles. The van der Waals surface area contributed by atoms with Crippen molar-refractivity contribution in [3.05, 3.63) is 12.2 Å². The zero-order valence-corrected chi connectivity index (χ0v) is 4.57. The lowest BCUT2D eigenvalue weighted by atomic mass is 10.4. The molecule has 0 fully saturated rings. The Morgan fingerprint density at radius 1 is 0.636 bits per heavy atom. The first-order valence-electron chi connectivity index (χ1n) is 2.56. The molecule has 0 aromatic rings. The first-order chi connectivity index (χ1) is 2.91. The molecule has 0 radical (unpaired) electrons. The number of hydrogen-bond acceptors (Lipinski definition) is 0. The molecule has 0 saturated heterocycles. The fraction of sp³-hybridized carbons (Fsp3) is 0.818. The first kappa shape index (κ1) is 45.3. The molecule has 0 bridgehead atoms. The summed E-state index contributed by atoms with van der Waals surface area (Å²) in [6.45, 7) is 4.29. The second kappa shape index (κ2) is 53.2. The molecule has 0 aliphatic carbocycles.